The molecule has 0 spiro atoms. The molecule has 5 nitrogen and oxygen atoms in total. The van der Waals surface area contributed by atoms with Crippen LogP contribution >= 0.6 is 11.8 Å². The highest BCUT2D eigenvalue weighted by molar-refractivity contribution is 8.18. The molecule has 0 atom stereocenters. The Morgan fingerprint density at radius 3 is 2.40 bits per heavy atom. The zero-order valence-corrected chi connectivity index (χ0v) is 17.1. The molecule has 1 heterocycles. The molecule has 3 aromatic rings. The van der Waals surface area contributed by atoms with Crippen molar-refractivity contribution in [1.82, 2.24) is 5.32 Å². The van der Waals surface area contributed by atoms with Gasteiger partial charge in [-0.15, -0.1) is 0 Å². The van der Waals surface area contributed by atoms with E-state index >= 15 is 0 Å². The highest BCUT2D eigenvalue weighted by Crippen LogP contribution is 2.29. The van der Waals surface area contributed by atoms with E-state index in [9.17, 15) is 9.90 Å². The summed E-state index contributed by atoms with van der Waals surface area (Å²) >= 11 is 1.28. The van der Waals surface area contributed by atoms with E-state index in [-0.39, 0.29) is 11.7 Å². The van der Waals surface area contributed by atoms with Crippen molar-refractivity contribution in [2.24, 2.45) is 4.99 Å². The van der Waals surface area contributed by atoms with Gasteiger partial charge in [0.05, 0.1) is 10.6 Å². The average Bonchev–Trinajstić information content (AvgIpc) is 3.09. The standard InChI is InChI=1S/C24H20N2O3S/c1-16-2-4-18(5-3-16)15-29-21-12-6-17(7-13-21)14-22-23(28)26-24(30-22)25-19-8-10-20(27)11-9-19/h2-14,27H,15H2,1H3,(H,25,26,28). The van der Waals surface area contributed by atoms with Crippen LogP contribution in [0.15, 0.2) is 82.7 Å². The van der Waals surface area contributed by atoms with Gasteiger partial charge in [-0.1, -0.05) is 42.0 Å². The van der Waals surface area contributed by atoms with Gasteiger partial charge in [-0.2, -0.15) is 0 Å². The molecule has 0 saturated carbocycles. The number of aromatic hydroxyl groups is 1. The number of aliphatic imine (C=N–C) groups is 1. The minimum Gasteiger partial charge on any atom is -0.508 e. The topological polar surface area (TPSA) is 70.9 Å². The van der Waals surface area contributed by atoms with Crippen LogP contribution in [0.25, 0.3) is 6.08 Å². The Bertz CT molecular complexity index is 1100. The number of nitrogens with zero attached hydrogens (tertiary/aromatic N) is 1. The minimum atomic E-state index is -0.183. The Balaban J connectivity index is 1.39. The molecule has 1 aliphatic rings. The molecule has 1 fully saturated rings. The Morgan fingerprint density at radius 1 is 1.00 bits per heavy atom. The van der Waals surface area contributed by atoms with Crippen LogP contribution in [-0.2, 0) is 11.4 Å². The van der Waals surface area contributed by atoms with Gasteiger partial charge in [0, 0.05) is 0 Å². The number of amides is 1. The molecule has 0 aromatic heterocycles. The lowest BCUT2D eigenvalue weighted by atomic mass is 10.1. The first-order valence-electron chi connectivity index (χ1n) is 9.42. The Labute approximate surface area is 179 Å². The van der Waals surface area contributed by atoms with Gasteiger partial charge in [0.15, 0.2) is 5.17 Å². The lowest BCUT2D eigenvalue weighted by Gasteiger charge is -2.07. The van der Waals surface area contributed by atoms with E-state index in [4.69, 9.17) is 4.74 Å². The van der Waals surface area contributed by atoms with Crippen LogP contribution in [0, 0.1) is 6.92 Å². The number of rotatable bonds is 5. The largest absolute Gasteiger partial charge is 0.508 e. The molecular formula is C24H20N2O3S. The van der Waals surface area contributed by atoms with E-state index < -0.39 is 0 Å². The van der Waals surface area contributed by atoms with E-state index in [2.05, 4.69) is 41.5 Å². The molecule has 0 unspecified atom stereocenters. The van der Waals surface area contributed by atoms with Crippen LogP contribution in [0.4, 0.5) is 5.69 Å². The molecule has 0 aliphatic carbocycles. The van der Waals surface area contributed by atoms with E-state index in [1.807, 2.05) is 30.3 Å². The fourth-order valence-corrected chi connectivity index (χ4v) is 3.63. The highest BCUT2D eigenvalue weighted by Gasteiger charge is 2.23. The number of phenols is 1. The number of hydrogen-bond acceptors (Lipinski definition) is 5. The number of nitrogens with one attached hydrogen (secondary N) is 1. The summed E-state index contributed by atoms with van der Waals surface area (Å²) in [6, 6.07) is 22.4. The first kappa shape index (κ1) is 19.8. The number of carbonyl (C=O) groups excluding carboxylic acids is 1. The van der Waals surface area contributed by atoms with Crippen molar-refractivity contribution < 1.29 is 14.6 Å². The molecule has 3 aromatic carbocycles. The second kappa shape index (κ2) is 8.88. The average molecular weight is 417 g/mol. The van der Waals surface area contributed by atoms with Gasteiger partial charge in [0.2, 0.25) is 0 Å². The summed E-state index contributed by atoms with van der Waals surface area (Å²) in [6.07, 6.45) is 1.82. The first-order valence-corrected chi connectivity index (χ1v) is 10.2. The molecule has 4 rings (SSSR count). The number of thioether (sulfide) groups is 1. The smallest absolute Gasteiger partial charge is 0.264 e. The number of carbonyl (C=O) groups is 1. The van der Waals surface area contributed by atoms with E-state index in [0.29, 0.717) is 22.4 Å². The third kappa shape index (κ3) is 5.10. The normalized spacial score (nSPS) is 16.1. The molecule has 30 heavy (non-hydrogen) atoms. The molecule has 0 radical (unpaired) electrons. The third-order valence-electron chi connectivity index (χ3n) is 4.44. The van der Waals surface area contributed by atoms with Crippen LogP contribution < -0.4 is 10.1 Å². The second-order valence-electron chi connectivity index (χ2n) is 6.84. The highest BCUT2D eigenvalue weighted by atomic mass is 32.2. The van der Waals surface area contributed by atoms with Crippen LogP contribution in [0.5, 0.6) is 11.5 Å². The molecule has 6 heteroatoms. The van der Waals surface area contributed by atoms with Crippen molar-refractivity contribution in [2.75, 3.05) is 0 Å². The van der Waals surface area contributed by atoms with E-state index in [1.165, 1.54) is 17.3 Å². The summed E-state index contributed by atoms with van der Waals surface area (Å²) in [6.45, 7) is 2.57. The van der Waals surface area contributed by atoms with Crippen LogP contribution in [0.3, 0.4) is 0 Å². The fourth-order valence-electron chi connectivity index (χ4n) is 2.79. The summed E-state index contributed by atoms with van der Waals surface area (Å²) in [5, 5.41) is 12.6. The number of benzene rings is 3. The van der Waals surface area contributed by atoms with Crippen molar-refractivity contribution >= 4 is 34.6 Å². The van der Waals surface area contributed by atoms with E-state index in [1.54, 1.807) is 24.3 Å². The van der Waals surface area contributed by atoms with Crippen LogP contribution in [0.2, 0.25) is 0 Å². The summed E-state index contributed by atoms with van der Waals surface area (Å²) in [5.74, 6) is 0.766. The Morgan fingerprint density at radius 2 is 1.70 bits per heavy atom. The summed E-state index contributed by atoms with van der Waals surface area (Å²) in [4.78, 5) is 17.2. The zero-order chi connectivity index (χ0) is 20.9. The van der Waals surface area contributed by atoms with Gasteiger partial charge in [0.1, 0.15) is 18.1 Å². The van der Waals surface area contributed by atoms with Crippen molar-refractivity contribution in [3.63, 3.8) is 0 Å². The van der Waals surface area contributed by atoms with Crippen LogP contribution in [-0.4, -0.2) is 16.2 Å². The van der Waals surface area contributed by atoms with Crippen LogP contribution in [0.1, 0.15) is 16.7 Å². The van der Waals surface area contributed by atoms with Crippen molar-refractivity contribution in [1.29, 1.82) is 0 Å². The van der Waals surface area contributed by atoms with Crippen molar-refractivity contribution in [3.05, 3.63) is 94.4 Å². The third-order valence-corrected chi connectivity index (χ3v) is 5.35. The van der Waals surface area contributed by atoms with Gasteiger partial charge in [-0.05, 0) is 72.3 Å². The molecule has 1 saturated heterocycles. The zero-order valence-electron chi connectivity index (χ0n) is 16.3. The van der Waals surface area contributed by atoms with E-state index in [0.717, 1.165) is 16.9 Å². The lowest BCUT2D eigenvalue weighted by Crippen LogP contribution is -2.19. The van der Waals surface area contributed by atoms with Crippen molar-refractivity contribution in [3.8, 4) is 11.5 Å². The molecule has 0 bridgehead atoms. The van der Waals surface area contributed by atoms with Gasteiger partial charge in [-0.25, -0.2) is 4.99 Å². The predicted molar refractivity (Wildman–Crippen MR) is 121 cm³/mol. The first-order chi connectivity index (χ1) is 14.5. The maximum Gasteiger partial charge on any atom is 0.264 e. The number of ether oxygens (including phenoxy) is 1. The summed E-state index contributed by atoms with van der Waals surface area (Å²) < 4.78 is 5.83. The summed E-state index contributed by atoms with van der Waals surface area (Å²) in [7, 11) is 0. The minimum absolute atomic E-state index is 0.175. The number of aryl methyl sites for hydroxylation is 1. The maximum atomic E-state index is 12.2. The Kier molecular flexibility index (Phi) is 5.86. The maximum absolute atomic E-state index is 12.2. The van der Waals surface area contributed by atoms with Gasteiger partial charge in [0.25, 0.3) is 5.91 Å². The van der Waals surface area contributed by atoms with Gasteiger partial charge < -0.3 is 15.2 Å². The SMILES string of the molecule is Cc1ccc(COc2ccc(C=C3SC(=Nc4ccc(O)cc4)NC3=O)cc2)cc1. The molecule has 1 aliphatic heterocycles. The van der Waals surface area contributed by atoms with Crippen molar-refractivity contribution in [2.45, 2.75) is 13.5 Å². The quantitative estimate of drug-likeness (QED) is 0.563. The molecule has 150 valence electrons. The second-order valence-corrected chi connectivity index (χ2v) is 7.87. The lowest BCUT2D eigenvalue weighted by molar-refractivity contribution is -0.115. The molecule has 2 N–H and O–H groups in total. The Hall–Kier alpha value is -3.51. The number of hydrogen-bond donors (Lipinski definition) is 2. The fraction of sp³-hybridized carbons (Fsp3) is 0.0833. The summed E-state index contributed by atoms with van der Waals surface area (Å²) in [5.41, 5.74) is 3.90. The molecular weight excluding hydrogens is 396 g/mol. The number of amidine groups is 1. The molecule has 1 amide bonds. The van der Waals surface area contributed by atoms with Gasteiger partial charge in [-0.3, -0.25) is 4.79 Å². The van der Waals surface area contributed by atoms with Gasteiger partial charge >= 0.3 is 0 Å². The predicted octanol–water partition coefficient (Wildman–Crippen LogP) is 5.17. The number of phenolic OH excluding ortho intramolecular Hbond substituents is 1. The monoisotopic (exact) mass is 416 g/mol.